The average molecular weight is 321 g/mol. The van der Waals surface area contributed by atoms with Gasteiger partial charge < -0.3 is 5.32 Å². The molecule has 2 bridgehead atoms. The normalized spacial score (nSPS) is 25.3. The molecule has 0 aromatic heterocycles. The topological polar surface area (TPSA) is 12.0 Å². The summed E-state index contributed by atoms with van der Waals surface area (Å²) < 4.78 is 79.0. The van der Waals surface area contributed by atoms with Crippen LogP contribution in [0.4, 0.5) is 26.3 Å². The van der Waals surface area contributed by atoms with Gasteiger partial charge in [0.2, 0.25) is 0 Å². The van der Waals surface area contributed by atoms with Crippen molar-refractivity contribution in [3.05, 3.63) is 41.0 Å². The summed E-state index contributed by atoms with van der Waals surface area (Å²) in [6, 6.07) is 2.05. The number of fused-ring (bicyclic) bond motifs is 2. The molecule has 1 N–H and O–H groups in total. The highest BCUT2D eigenvalue weighted by Gasteiger charge is 2.42. The number of rotatable bonds is 1. The van der Waals surface area contributed by atoms with E-state index in [1.54, 1.807) is 0 Å². The van der Waals surface area contributed by atoms with Crippen molar-refractivity contribution >= 4 is 5.57 Å². The van der Waals surface area contributed by atoms with Gasteiger partial charge in [-0.25, -0.2) is 0 Å². The molecule has 2 aliphatic rings. The van der Waals surface area contributed by atoms with Crippen molar-refractivity contribution in [1.29, 1.82) is 0 Å². The molecule has 1 nitrogen and oxygen atoms in total. The molecule has 7 heteroatoms. The Labute approximate surface area is 123 Å². The van der Waals surface area contributed by atoms with Gasteiger partial charge in [-0.15, -0.1) is 0 Å². The van der Waals surface area contributed by atoms with Crippen LogP contribution in [-0.2, 0) is 12.4 Å². The summed E-state index contributed by atoms with van der Waals surface area (Å²) in [7, 11) is 0. The van der Waals surface area contributed by atoms with Gasteiger partial charge in [0.1, 0.15) is 0 Å². The molecule has 22 heavy (non-hydrogen) atoms. The van der Waals surface area contributed by atoms with Crippen LogP contribution in [0.15, 0.2) is 24.3 Å². The van der Waals surface area contributed by atoms with E-state index < -0.39 is 29.0 Å². The van der Waals surface area contributed by atoms with Crippen LogP contribution in [0, 0.1) is 0 Å². The van der Waals surface area contributed by atoms with E-state index in [4.69, 9.17) is 0 Å². The van der Waals surface area contributed by atoms with Crippen molar-refractivity contribution < 1.29 is 26.3 Å². The number of benzene rings is 1. The first-order chi connectivity index (χ1) is 10.2. The molecular formula is C15H13F6N. The van der Waals surface area contributed by atoms with Crippen molar-refractivity contribution in [2.75, 3.05) is 0 Å². The SMILES string of the molecule is FC(F)(F)c1cccc(C(F)(F)F)c1C1=CC2CCC(C1)N2. The molecule has 2 aliphatic heterocycles. The van der Waals surface area contributed by atoms with Gasteiger partial charge in [0.05, 0.1) is 11.1 Å². The molecule has 1 saturated heterocycles. The van der Waals surface area contributed by atoms with Gasteiger partial charge in [-0.2, -0.15) is 26.3 Å². The molecule has 2 unspecified atom stereocenters. The molecule has 2 heterocycles. The van der Waals surface area contributed by atoms with Gasteiger partial charge in [-0.1, -0.05) is 12.1 Å². The molecule has 0 spiro atoms. The van der Waals surface area contributed by atoms with Crippen molar-refractivity contribution in [3.8, 4) is 0 Å². The molecule has 120 valence electrons. The molecule has 1 fully saturated rings. The third kappa shape index (κ3) is 2.74. The van der Waals surface area contributed by atoms with Crippen LogP contribution in [-0.4, -0.2) is 12.1 Å². The molecule has 0 radical (unpaired) electrons. The maximum absolute atomic E-state index is 13.2. The van der Waals surface area contributed by atoms with Crippen LogP contribution >= 0.6 is 0 Å². The van der Waals surface area contributed by atoms with Crippen molar-refractivity contribution in [1.82, 2.24) is 5.32 Å². The van der Waals surface area contributed by atoms with Crippen molar-refractivity contribution in [2.24, 2.45) is 0 Å². The smallest absolute Gasteiger partial charge is 0.307 e. The van der Waals surface area contributed by atoms with E-state index in [9.17, 15) is 26.3 Å². The maximum Gasteiger partial charge on any atom is 0.417 e. The van der Waals surface area contributed by atoms with Gasteiger partial charge in [0.15, 0.2) is 0 Å². The standard InChI is InChI=1S/C15H13F6N/c16-14(17,18)11-2-1-3-12(15(19,20)21)13(11)8-6-9-4-5-10(7-8)22-9/h1-3,6,9-10,22H,4-5,7H2. The number of hydrogen-bond donors (Lipinski definition) is 1. The van der Waals surface area contributed by atoms with E-state index in [1.807, 2.05) is 0 Å². The quantitative estimate of drug-likeness (QED) is 0.744. The van der Waals surface area contributed by atoms with Crippen molar-refractivity contribution in [3.63, 3.8) is 0 Å². The summed E-state index contributed by atoms with van der Waals surface area (Å²) in [4.78, 5) is 0. The number of alkyl halides is 6. The number of halogens is 6. The van der Waals surface area contributed by atoms with Crippen LogP contribution in [0.25, 0.3) is 5.57 Å². The minimum absolute atomic E-state index is 0.0487. The third-order valence-corrected chi connectivity index (χ3v) is 4.14. The minimum Gasteiger partial charge on any atom is -0.307 e. The molecule has 0 amide bonds. The first kappa shape index (κ1) is 15.4. The predicted molar refractivity (Wildman–Crippen MR) is 69.0 cm³/mol. The highest BCUT2D eigenvalue weighted by Crippen LogP contribution is 2.45. The van der Waals surface area contributed by atoms with Crippen LogP contribution < -0.4 is 5.32 Å². The van der Waals surface area contributed by atoms with E-state index in [0.717, 1.165) is 31.0 Å². The first-order valence-electron chi connectivity index (χ1n) is 6.91. The summed E-state index contributed by atoms with van der Waals surface area (Å²) in [6.07, 6.45) is -6.43. The Hall–Kier alpha value is -1.50. The molecule has 3 rings (SSSR count). The third-order valence-electron chi connectivity index (χ3n) is 4.14. The van der Waals surface area contributed by atoms with E-state index in [0.29, 0.717) is 0 Å². The highest BCUT2D eigenvalue weighted by molar-refractivity contribution is 5.74. The van der Waals surface area contributed by atoms with E-state index in [-0.39, 0.29) is 24.1 Å². The van der Waals surface area contributed by atoms with Crippen molar-refractivity contribution in [2.45, 2.75) is 43.7 Å². The predicted octanol–water partition coefficient (Wildman–Crippen LogP) is 4.63. The fourth-order valence-corrected chi connectivity index (χ4v) is 3.28. The number of hydrogen-bond acceptors (Lipinski definition) is 1. The summed E-state index contributed by atoms with van der Waals surface area (Å²) in [6.45, 7) is 0. The lowest BCUT2D eigenvalue weighted by atomic mass is 9.88. The monoisotopic (exact) mass is 321 g/mol. The minimum atomic E-state index is -4.82. The second-order valence-electron chi connectivity index (χ2n) is 5.67. The zero-order valence-corrected chi connectivity index (χ0v) is 11.4. The lowest BCUT2D eigenvalue weighted by molar-refractivity contribution is -0.143. The van der Waals surface area contributed by atoms with Crippen LogP contribution in [0.2, 0.25) is 0 Å². The Morgan fingerprint density at radius 2 is 1.50 bits per heavy atom. The Morgan fingerprint density at radius 3 is 2.00 bits per heavy atom. The Kier molecular flexibility index (Phi) is 3.51. The first-order valence-corrected chi connectivity index (χ1v) is 6.91. The van der Waals surface area contributed by atoms with Gasteiger partial charge in [-0.05, 0) is 37.0 Å². The van der Waals surface area contributed by atoms with E-state index in [2.05, 4.69) is 5.32 Å². The second-order valence-corrected chi connectivity index (χ2v) is 5.67. The lowest BCUT2D eigenvalue weighted by Gasteiger charge is -2.26. The zero-order chi connectivity index (χ0) is 16.1. The second kappa shape index (κ2) is 5.01. The van der Waals surface area contributed by atoms with Gasteiger partial charge in [0.25, 0.3) is 0 Å². The van der Waals surface area contributed by atoms with Gasteiger partial charge >= 0.3 is 12.4 Å². The molecule has 2 atom stereocenters. The van der Waals surface area contributed by atoms with Crippen LogP contribution in [0.3, 0.4) is 0 Å². The lowest BCUT2D eigenvalue weighted by Crippen LogP contribution is -2.32. The Bertz CT molecular complexity index is 581. The molecule has 1 aromatic rings. The van der Waals surface area contributed by atoms with Crippen LogP contribution in [0.5, 0.6) is 0 Å². The average Bonchev–Trinajstić information content (AvgIpc) is 2.74. The summed E-state index contributed by atoms with van der Waals surface area (Å²) in [5.41, 5.74) is -2.99. The zero-order valence-electron chi connectivity index (χ0n) is 11.4. The van der Waals surface area contributed by atoms with Crippen LogP contribution in [0.1, 0.15) is 36.0 Å². The van der Waals surface area contributed by atoms with Gasteiger partial charge in [-0.3, -0.25) is 0 Å². The molecule has 0 saturated carbocycles. The molecule has 0 aliphatic carbocycles. The maximum atomic E-state index is 13.2. The Balaban J connectivity index is 2.19. The largest absolute Gasteiger partial charge is 0.417 e. The summed E-state index contributed by atoms with van der Waals surface area (Å²) >= 11 is 0. The number of nitrogens with one attached hydrogen (secondary N) is 1. The molecular weight excluding hydrogens is 308 g/mol. The fourth-order valence-electron chi connectivity index (χ4n) is 3.28. The Morgan fingerprint density at radius 1 is 0.909 bits per heavy atom. The molecule has 1 aromatic carbocycles. The van der Waals surface area contributed by atoms with E-state index >= 15 is 0 Å². The highest BCUT2D eigenvalue weighted by atomic mass is 19.4. The summed E-state index contributed by atoms with van der Waals surface area (Å²) in [5, 5.41) is 3.17. The van der Waals surface area contributed by atoms with E-state index in [1.165, 1.54) is 6.08 Å². The fraction of sp³-hybridized carbons (Fsp3) is 0.467. The van der Waals surface area contributed by atoms with Gasteiger partial charge in [0, 0.05) is 17.6 Å². The summed E-state index contributed by atoms with van der Waals surface area (Å²) in [5.74, 6) is 0.